The van der Waals surface area contributed by atoms with E-state index in [9.17, 15) is 9.59 Å². The number of carbonyl (C=O) groups is 2. The Bertz CT molecular complexity index is 2410. The van der Waals surface area contributed by atoms with Gasteiger partial charge in [-0.2, -0.15) is 4.98 Å². The van der Waals surface area contributed by atoms with E-state index in [1.807, 2.05) is 38.2 Å². The highest BCUT2D eigenvalue weighted by Gasteiger charge is 2.33. The number of hydrogen-bond donors (Lipinski definition) is 3. The normalized spacial score (nSPS) is 17.7. The fourth-order valence-corrected chi connectivity index (χ4v) is 9.89. The van der Waals surface area contributed by atoms with Gasteiger partial charge in [-0.15, -0.1) is 0 Å². The molecule has 64 heavy (non-hydrogen) atoms. The van der Waals surface area contributed by atoms with E-state index in [4.69, 9.17) is 27.3 Å². The number of likely N-dealkylation sites (tertiary alicyclic amines) is 2. The fraction of sp³-hybridized carbons (Fsp3) is 0.400. The van der Waals surface area contributed by atoms with Crippen molar-refractivity contribution in [2.24, 2.45) is 11.8 Å². The molecule has 0 radical (unpaired) electrons. The minimum Gasteiger partial charge on any atom is -0.492 e. The largest absolute Gasteiger partial charge is 0.492 e. The van der Waals surface area contributed by atoms with Crippen LogP contribution in [0.1, 0.15) is 55.8 Å². The first-order valence-corrected chi connectivity index (χ1v) is 23.2. The second-order valence-electron chi connectivity index (χ2n) is 17.3. The maximum atomic E-state index is 13.8. The Labute approximate surface area is 382 Å². The lowest BCUT2D eigenvalue weighted by Crippen LogP contribution is -2.47. The van der Waals surface area contributed by atoms with Gasteiger partial charge >= 0.3 is 0 Å². The number of nitrogens with zero attached hydrogens (tertiary/aromatic N) is 7. The second kappa shape index (κ2) is 19.4. The van der Waals surface area contributed by atoms with Gasteiger partial charge in [0, 0.05) is 83.3 Å². The maximum Gasteiger partial charge on any atom is 0.260 e. The molecule has 4 aromatic carbocycles. The van der Waals surface area contributed by atoms with Crippen molar-refractivity contribution in [3.05, 3.63) is 103 Å². The SMILES string of the molecule is CCOc1cc(N2CCC(C(=O)N3CCC(CN4CCC(Oc5ccc(-c6ccc(NC)cc6)cc5)CC4)CC3)CC2)ccc1Nc1ncc2c(n1)N(S)c1ccccc1C(=O)N2C. The Kier molecular flexibility index (Phi) is 13.1. The number of benzene rings is 4. The minimum absolute atomic E-state index is 0.0540. The smallest absolute Gasteiger partial charge is 0.260 e. The Balaban J connectivity index is 0.724. The highest BCUT2D eigenvalue weighted by Crippen LogP contribution is 2.41. The molecule has 334 valence electrons. The summed E-state index contributed by atoms with van der Waals surface area (Å²) in [6, 6.07) is 30.4. The quantitative estimate of drug-likeness (QED) is 0.104. The molecule has 9 rings (SSSR count). The molecule has 5 aromatic rings. The second-order valence-corrected chi connectivity index (χ2v) is 17.7. The molecule has 2 N–H and O–H groups in total. The fourth-order valence-electron chi connectivity index (χ4n) is 9.57. The molecule has 5 heterocycles. The summed E-state index contributed by atoms with van der Waals surface area (Å²) in [5, 5.41) is 6.51. The zero-order valence-electron chi connectivity index (χ0n) is 37.1. The van der Waals surface area contributed by atoms with E-state index in [0.29, 0.717) is 52.9 Å². The summed E-state index contributed by atoms with van der Waals surface area (Å²) in [4.78, 5) is 45.0. The molecule has 14 heteroatoms. The van der Waals surface area contributed by atoms with Gasteiger partial charge in [-0.25, -0.2) is 4.98 Å². The zero-order valence-corrected chi connectivity index (χ0v) is 38.0. The van der Waals surface area contributed by atoms with Crippen molar-refractivity contribution in [2.75, 3.05) is 91.3 Å². The summed E-state index contributed by atoms with van der Waals surface area (Å²) in [6.45, 7) is 8.99. The van der Waals surface area contributed by atoms with E-state index in [1.165, 1.54) is 11.1 Å². The molecule has 0 saturated carbocycles. The number of rotatable bonds is 12. The molecule has 1 aromatic heterocycles. The van der Waals surface area contributed by atoms with Crippen LogP contribution in [0.15, 0.2) is 97.2 Å². The predicted molar refractivity (Wildman–Crippen MR) is 259 cm³/mol. The Morgan fingerprint density at radius 2 is 1.53 bits per heavy atom. The van der Waals surface area contributed by atoms with Gasteiger partial charge in [0.25, 0.3) is 5.91 Å². The van der Waals surface area contributed by atoms with E-state index in [2.05, 4.69) is 91.0 Å². The topological polar surface area (TPSA) is 119 Å². The average molecular weight is 882 g/mol. The molecule has 4 aliphatic rings. The third kappa shape index (κ3) is 9.44. The Morgan fingerprint density at radius 3 is 2.23 bits per heavy atom. The molecule has 4 aliphatic heterocycles. The molecule has 0 aliphatic carbocycles. The van der Waals surface area contributed by atoms with Crippen LogP contribution in [-0.2, 0) is 4.79 Å². The number of para-hydroxylation sites is 1. The van der Waals surface area contributed by atoms with Crippen molar-refractivity contribution in [1.29, 1.82) is 0 Å². The van der Waals surface area contributed by atoms with Gasteiger partial charge in [0.05, 0.1) is 29.7 Å². The third-order valence-corrected chi connectivity index (χ3v) is 13.7. The Hall–Kier alpha value is -5.99. The lowest BCUT2D eigenvalue weighted by atomic mass is 9.91. The van der Waals surface area contributed by atoms with Crippen molar-refractivity contribution in [1.82, 2.24) is 19.8 Å². The summed E-state index contributed by atoms with van der Waals surface area (Å²) in [6.07, 6.45) is 7.76. The minimum atomic E-state index is -0.156. The highest BCUT2D eigenvalue weighted by molar-refractivity contribution is 7.82. The van der Waals surface area contributed by atoms with Crippen LogP contribution in [-0.4, -0.2) is 104 Å². The monoisotopic (exact) mass is 881 g/mol. The molecule has 0 unspecified atom stereocenters. The van der Waals surface area contributed by atoms with Crippen molar-refractivity contribution < 1.29 is 19.1 Å². The number of fused-ring (bicyclic) bond motifs is 2. The number of piperidine rings is 3. The molecular formula is C50H59N9O4S. The van der Waals surface area contributed by atoms with E-state index < -0.39 is 0 Å². The van der Waals surface area contributed by atoms with Gasteiger partial charge in [0.1, 0.15) is 23.3 Å². The first-order valence-electron chi connectivity index (χ1n) is 22.8. The van der Waals surface area contributed by atoms with Gasteiger partial charge in [-0.05, 0) is 111 Å². The number of aromatic nitrogens is 2. The van der Waals surface area contributed by atoms with Crippen LogP contribution in [0.5, 0.6) is 11.5 Å². The maximum absolute atomic E-state index is 13.8. The standard InChI is InChI=1S/C50H59N9O4S/c1-4-62-46-31-39(15-18-43(46)53-50-52-32-45-47(54-50)59(64)44-8-6-5-7-42(44)49(61)55(45)3)57-29-21-37(22-30-57)48(60)58-27-19-34(20-28-58)33-56-25-23-41(24-26-56)63-40-16-11-36(12-17-40)35-9-13-38(51-2)14-10-35/h5-18,31-32,34,37,41,51,64H,4,19-30,33H2,1-3H3,(H,52,53,54). The number of amides is 2. The number of hydrogen-bond acceptors (Lipinski definition) is 12. The van der Waals surface area contributed by atoms with Gasteiger partial charge in [0.2, 0.25) is 11.9 Å². The molecule has 3 fully saturated rings. The molecule has 3 saturated heterocycles. The number of ether oxygens (including phenoxy) is 2. The van der Waals surface area contributed by atoms with E-state index in [0.717, 1.165) is 107 Å². The molecule has 0 atom stereocenters. The summed E-state index contributed by atoms with van der Waals surface area (Å²) >= 11 is 4.74. The molecule has 2 amide bonds. The van der Waals surface area contributed by atoms with Gasteiger partial charge in [-0.3, -0.25) is 13.9 Å². The van der Waals surface area contributed by atoms with Crippen LogP contribution < -0.4 is 34.2 Å². The summed E-state index contributed by atoms with van der Waals surface area (Å²) < 4.78 is 14.2. The summed E-state index contributed by atoms with van der Waals surface area (Å²) in [5.74, 6) is 3.32. The molecule has 0 bridgehead atoms. The van der Waals surface area contributed by atoms with E-state index in [1.54, 1.807) is 28.5 Å². The van der Waals surface area contributed by atoms with Crippen molar-refractivity contribution in [3.8, 4) is 22.6 Å². The zero-order chi connectivity index (χ0) is 44.2. The summed E-state index contributed by atoms with van der Waals surface area (Å²) in [7, 11) is 3.65. The molecule has 13 nitrogen and oxygen atoms in total. The lowest BCUT2D eigenvalue weighted by Gasteiger charge is -2.40. The Morgan fingerprint density at radius 1 is 0.828 bits per heavy atom. The van der Waals surface area contributed by atoms with Crippen LogP contribution in [0.3, 0.4) is 0 Å². The van der Waals surface area contributed by atoms with Crippen molar-refractivity contribution >= 4 is 64.8 Å². The van der Waals surface area contributed by atoms with Gasteiger partial charge in [-0.1, -0.05) is 49.2 Å². The first-order chi connectivity index (χ1) is 31.2. The van der Waals surface area contributed by atoms with Crippen LogP contribution in [0.25, 0.3) is 11.1 Å². The van der Waals surface area contributed by atoms with Crippen LogP contribution in [0.2, 0.25) is 0 Å². The number of carbonyl (C=O) groups excluding carboxylic acids is 2. The van der Waals surface area contributed by atoms with Crippen molar-refractivity contribution in [3.63, 3.8) is 0 Å². The highest BCUT2D eigenvalue weighted by atomic mass is 32.1. The van der Waals surface area contributed by atoms with Crippen molar-refractivity contribution in [2.45, 2.75) is 51.6 Å². The first kappa shape index (κ1) is 43.3. The third-order valence-electron chi connectivity index (χ3n) is 13.3. The number of nitrogens with one attached hydrogen (secondary N) is 2. The van der Waals surface area contributed by atoms with E-state index >= 15 is 0 Å². The number of anilines is 7. The van der Waals surface area contributed by atoms with Gasteiger partial charge in [0.15, 0.2) is 5.82 Å². The average Bonchev–Trinajstić information content (AvgIpc) is 3.42. The van der Waals surface area contributed by atoms with Crippen LogP contribution >= 0.6 is 12.8 Å². The van der Waals surface area contributed by atoms with E-state index in [-0.39, 0.29) is 17.9 Å². The summed E-state index contributed by atoms with van der Waals surface area (Å²) in [5.41, 5.74) is 7.01. The molecular weight excluding hydrogens is 823 g/mol. The molecule has 0 spiro atoms. The van der Waals surface area contributed by atoms with Gasteiger partial charge < -0.3 is 39.7 Å². The predicted octanol–water partition coefficient (Wildman–Crippen LogP) is 8.90. The van der Waals surface area contributed by atoms with Crippen LogP contribution in [0.4, 0.5) is 40.2 Å². The van der Waals surface area contributed by atoms with Crippen LogP contribution in [0, 0.1) is 11.8 Å². The lowest BCUT2D eigenvalue weighted by molar-refractivity contribution is -0.137. The number of thiol groups is 1.